The van der Waals surface area contributed by atoms with Crippen molar-refractivity contribution in [1.29, 1.82) is 0 Å². The van der Waals surface area contributed by atoms with Crippen LogP contribution in [0.3, 0.4) is 0 Å². The lowest BCUT2D eigenvalue weighted by Crippen LogP contribution is -2.63. The average Bonchev–Trinajstić information content (AvgIpc) is 2.79. The van der Waals surface area contributed by atoms with Crippen molar-refractivity contribution in [1.82, 2.24) is 5.32 Å². The van der Waals surface area contributed by atoms with Crippen LogP contribution in [0.25, 0.3) is 0 Å². The largest absolute Gasteiger partial charge is 0.391 e. The fourth-order valence-corrected chi connectivity index (χ4v) is 2.04. The summed E-state index contributed by atoms with van der Waals surface area (Å²) in [5.41, 5.74) is 3.62. The van der Waals surface area contributed by atoms with Crippen LogP contribution in [-0.2, 0) is 0 Å². The van der Waals surface area contributed by atoms with Gasteiger partial charge in [-0.3, -0.25) is 0 Å². The summed E-state index contributed by atoms with van der Waals surface area (Å²) in [5.74, 6) is -0.409. The summed E-state index contributed by atoms with van der Waals surface area (Å²) in [4.78, 5) is 0. The minimum atomic E-state index is -2.00. The molecule has 0 bridgehead atoms. The van der Waals surface area contributed by atoms with Crippen LogP contribution in [0.2, 0.25) is 0 Å². The first-order chi connectivity index (χ1) is 7.78. The quantitative estimate of drug-likeness (QED) is 0.279. The third kappa shape index (κ3) is 4.96. The molecule has 1 aliphatic rings. The van der Waals surface area contributed by atoms with Crippen LogP contribution in [0.1, 0.15) is 13.3 Å². The summed E-state index contributed by atoms with van der Waals surface area (Å²) in [6.07, 6.45) is -5.64. The van der Waals surface area contributed by atoms with Crippen molar-refractivity contribution < 1.29 is 25.5 Å². The molecule has 7 nitrogen and oxygen atoms in total. The molecule has 0 amide bonds. The van der Waals surface area contributed by atoms with E-state index in [1.807, 2.05) is 0 Å². The molecule has 0 saturated carbocycles. The molecule has 0 aromatic heterocycles. The molecule has 6 atom stereocenters. The molecule has 0 aliphatic carbocycles. The van der Waals surface area contributed by atoms with Crippen LogP contribution in [0, 0.1) is 5.92 Å². The summed E-state index contributed by atoms with van der Waals surface area (Å²) in [6, 6.07) is 0. The lowest BCUT2D eigenvalue weighted by Gasteiger charge is -2.38. The fourth-order valence-electron chi connectivity index (χ4n) is 2.04. The normalized spacial score (nSPS) is 28.3. The zero-order chi connectivity index (χ0) is 13.2. The van der Waals surface area contributed by atoms with Crippen LogP contribution >= 0.6 is 24.8 Å². The first kappa shape index (κ1) is 21.6. The molecule has 0 aromatic carbocycles. The molecule has 0 spiro atoms. The second-order valence-electron chi connectivity index (χ2n) is 4.74. The molecule has 1 saturated heterocycles. The van der Waals surface area contributed by atoms with Gasteiger partial charge in [0.2, 0.25) is 0 Å². The highest BCUT2D eigenvalue weighted by Crippen LogP contribution is 2.25. The Morgan fingerprint density at radius 1 is 1.16 bits per heavy atom. The van der Waals surface area contributed by atoms with Gasteiger partial charge in [0, 0.05) is 12.5 Å². The summed E-state index contributed by atoms with van der Waals surface area (Å²) >= 11 is 0. The summed E-state index contributed by atoms with van der Waals surface area (Å²) < 4.78 is 0. The predicted molar refractivity (Wildman–Crippen MR) is 74.3 cm³/mol. The van der Waals surface area contributed by atoms with Crippen molar-refractivity contribution in [2.45, 2.75) is 43.5 Å². The van der Waals surface area contributed by atoms with Crippen molar-refractivity contribution in [2.75, 3.05) is 13.1 Å². The van der Waals surface area contributed by atoms with Crippen LogP contribution in [0.4, 0.5) is 0 Å². The van der Waals surface area contributed by atoms with Crippen LogP contribution in [-0.4, -0.2) is 68.8 Å². The van der Waals surface area contributed by atoms with E-state index in [4.69, 9.17) is 10.8 Å². The lowest BCUT2D eigenvalue weighted by atomic mass is 9.86. The van der Waals surface area contributed by atoms with Gasteiger partial charge in [0.15, 0.2) is 0 Å². The molecule has 5 unspecified atom stereocenters. The van der Waals surface area contributed by atoms with Crippen LogP contribution in [0.5, 0.6) is 0 Å². The SMILES string of the molecule is CC(O)C(O)C(O)C(O)C(N)(O)[C@H]1CCNC1.Cl.Cl. The van der Waals surface area contributed by atoms with Gasteiger partial charge in [-0.05, 0) is 19.9 Å². The van der Waals surface area contributed by atoms with Gasteiger partial charge < -0.3 is 36.6 Å². The number of hydrogen-bond acceptors (Lipinski definition) is 7. The highest BCUT2D eigenvalue weighted by molar-refractivity contribution is 5.85. The Morgan fingerprint density at radius 2 is 1.68 bits per heavy atom. The van der Waals surface area contributed by atoms with E-state index in [1.54, 1.807) is 0 Å². The number of halogens is 2. The van der Waals surface area contributed by atoms with Gasteiger partial charge in [-0.1, -0.05) is 0 Å². The van der Waals surface area contributed by atoms with Gasteiger partial charge in [0.25, 0.3) is 0 Å². The minimum absolute atomic E-state index is 0. The molecule has 1 aliphatic heterocycles. The van der Waals surface area contributed by atoms with Crippen molar-refractivity contribution >= 4 is 24.8 Å². The Morgan fingerprint density at radius 3 is 2.05 bits per heavy atom. The van der Waals surface area contributed by atoms with Crippen LogP contribution in [0.15, 0.2) is 0 Å². The van der Waals surface area contributed by atoms with Crippen molar-refractivity contribution in [3.63, 3.8) is 0 Å². The smallest absolute Gasteiger partial charge is 0.146 e. The van der Waals surface area contributed by atoms with Gasteiger partial charge in [-0.2, -0.15) is 0 Å². The van der Waals surface area contributed by atoms with E-state index in [9.17, 15) is 20.4 Å². The maximum atomic E-state index is 10.0. The minimum Gasteiger partial charge on any atom is -0.391 e. The van der Waals surface area contributed by atoms with Gasteiger partial charge in [-0.15, -0.1) is 24.8 Å². The number of nitrogens with one attached hydrogen (secondary N) is 1. The standard InChI is InChI=1S/C10H22N2O5.2ClH/c1-5(13)7(14)8(15)9(16)10(11,17)6-2-3-12-4-6;;/h5-9,12-17H,2-4,11H2,1H3;2*1H/t5?,6-,7?,8?,9?,10?;;/m0../s1. The second-order valence-corrected chi connectivity index (χ2v) is 4.74. The lowest BCUT2D eigenvalue weighted by molar-refractivity contribution is -0.181. The summed E-state index contributed by atoms with van der Waals surface area (Å²) in [5, 5.41) is 51.0. The maximum Gasteiger partial charge on any atom is 0.146 e. The van der Waals surface area contributed by atoms with Gasteiger partial charge in [0.05, 0.1) is 6.10 Å². The van der Waals surface area contributed by atoms with Crippen molar-refractivity contribution in [3.8, 4) is 0 Å². The predicted octanol–water partition coefficient (Wildman–Crippen LogP) is -2.45. The van der Waals surface area contributed by atoms with Gasteiger partial charge in [0.1, 0.15) is 24.0 Å². The zero-order valence-electron chi connectivity index (χ0n) is 10.6. The molecule has 8 N–H and O–H groups in total. The number of nitrogens with two attached hydrogens (primary N) is 1. The van der Waals surface area contributed by atoms with E-state index >= 15 is 0 Å². The highest BCUT2D eigenvalue weighted by Gasteiger charge is 2.46. The van der Waals surface area contributed by atoms with E-state index in [2.05, 4.69) is 5.32 Å². The van der Waals surface area contributed by atoms with E-state index in [0.717, 1.165) is 0 Å². The Bertz CT molecular complexity index is 252. The molecular formula is C10H24Cl2N2O5. The van der Waals surface area contributed by atoms with Crippen LogP contribution < -0.4 is 11.1 Å². The molecule has 0 radical (unpaired) electrons. The molecule has 19 heavy (non-hydrogen) atoms. The van der Waals surface area contributed by atoms with E-state index in [1.165, 1.54) is 6.92 Å². The van der Waals surface area contributed by atoms with Gasteiger partial charge >= 0.3 is 0 Å². The maximum absolute atomic E-state index is 10.0. The Kier molecular flexibility index (Phi) is 9.73. The number of hydrogen-bond donors (Lipinski definition) is 7. The molecule has 1 heterocycles. The zero-order valence-corrected chi connectivity index (χ0v) is 12.3. The van der Waals surface area contributed by atoms with Gasteiger partial charge in [-0.25, -0.2) is 0 Å². The number of aliphatic hydroxyl groups excluding tert-OH is 4. The number of rotatable bonds is 5. The average molecular weight is 323 g/mol. The Balaban J connectivity index is 0. The van der Waals surface area contributed by atoms with E-state index < -0.39 is 36.1 Å². The third-order valence-corrected chi connectivity index (χ3v) is 3.36. The molecule has 1 fully saturated rings. The summed E-state index contributed by atoms with van der Waals surface area (Å²) in [6.45, 7) is 2.38. The highest BCUT2D eigenvalue weighted by atomic mass is 35.5. The molecule has 0 aromatic rings. The molecular weight excluding hydrogens is 299 g/mol. The first-order valence-corrected chi connectivity index (χ1v) is 5.72. The second kappa shape index (κ2) is 8.56. The fraction of sp³-hybridized carbons (Fsp3) is 1.00. The summed E-state index contributed by atoms with van der Waals surface area (Å²) in [7, 11) is 0. The van der Waals surface area contributed by atoms with E-state index in [-0.39, 0.29) is 24.8 Å². The monoisotopic (exact) mass is 322 g/mol. The number of aliphatic hydroxyl groups is 5. The Hall–Kier alpha value is 0.300. The molecule has 118 valence electrons. The third-order valence-electron chi connectivity index (χ3n) is 3.36. The molecule has 1 rings (SSSR count). The van der Waals surface area contributed by atoms with Crippen molar-refractivity contribution in [3.05, 3.63) is 0 Å². The Labute approximate surface area is 124 Å². The first-order valence-electron chi connectivity index (χ1n) is 5.72. The molecule has 9 heteroatoms. The topological polar surface area (TPSA) is 139 Å². The van der Waals surface area contributed by atoms with Crippen molar-refractivity contribution in [2.24, 2.45) is 11.7 Å². The van der Waals surface area contributed by atoms with E-state index in [0.29, 0.717) is 19.5 Å².